The SMILES string of the molecule is CCOc1cccc(-c2nc(C3CNCCN3C)no2)c1. The summed E-state index contributed by atoms with van der Waals surface area (Å²) >= 11 is 0. The summed E-state index contributed by atoms with van der Waals surface area (Å²) in [5.41, 5.74) is 0.881. The highest BCUT2D eigenvalue weighted by Gasteiger charge is 2.25. The minimum Gasteiger partial charge on any atom is -0.494 e. The van der Waals surface area contributed by atoms with E-state index in [1.54, 1.807) is 0 Å². The van der Waals surface area contributed by atoms with E-state index < -0.39 is 0 Å². The molecule has 6 heteroatoms. The smallest absolute Gasteiger partial charge is 0.258 e. The number of ether oxygens (including phenoxy) is 1. The highest BCUT2D eigenvalue weighted by atomic mass is 16.5. The molecule has 0 radical (unpaired) electrons. The molecule has 1 aromatic heterocycles. The average Bonchev–Trinajstić information content (AvgIpc) is 2.98. The van der Waals surface area contributed by atoms with Crippen LogP contribution in [0, 0.1) is 0 Å². The Morgan fingerprint density at radius 1 is 1.48 bits per heavy atom. The van der Waals surface area contributed by atoms with E-state index in [1.807, 2.05) is 31.2 Å². The Morgan fingerprint density at radius 3 is 3.19 bits per heavy atom. The van der Waals surface area contributed by atoms with Crippen LogP contribution in [0.4, 0.5) is 0 Å². The standard InChI is InChI=1S/C15H20N4O2/c1-3-20-12-6-4-5-11(9-12)15-17-14(18-21-15)13-10-16-7-8-19(13)2/h4-6,9,13,16H,3,7-8,10H2,1-2H3. The summed E-state index contributed by atoms with van der Waals surface area (Å²) < 4.78 is 10.9. The van der Waals surface area contributed by atoms with Crippen molar-refractivity contribution in [2.45, 2.75) is 13.0 Å². The van der Waals surface area contributed by atoms with Gasteiger partial charge in [-0.15, -0.1) is 0 Å². The van der Waals surface area contributed by atoms with Gasteiger partial charge in [0.15, 0.2) is 5.82 Å². The molecule has 0 bridgehead atoms. The number of hydrogen-bond acceptors (Lipinski definition) is 6. The van der Waals surface area contributed by atoms with E-state index in [1.165, 1.54) is 0 Å². The predicted molar refractivity (Wildman–Crippen MR) is 79.1 cm³/mol. The van der Waals surface area contributed by atoms with Crippen LogP contribution in [0.1, 0.15) is 18.8 Å². The Morgan fingerprint density at radius 2 is 2.38 bits per heavy atom. The summed E-state index contributed by atoms with van der Waals surface area (Å²) in [7, 11) is 2.08. The zero-order valence-corrected chi connectivity index (χ0v) is 12.4. The second-order valence-corrected chi connectivity index (χ2v) is 5.12. The highest BCUT2D eigenvalue weighted by molar-refractivity contribution is 5.55. The van der Waals surface area contributed by atoms with Crippen molar-refractivity contribution in [2.24, 2.45) is 0 Å². The maximum atomic E-state index is 5.50. The van der Waals surface area contributed by atoms with Gasteiger partial charge in [0, 0.05) is 25.2 Å². The summed E-state index contributed by atoms with van der Waals surface area (Å²) in [6, 6.07) is 7.87. The molecule has 1 N–H and O–H groups in total. The second kappa shape index (κ2) is 6.24. The summed E-state index contributed by atoms with van der Waals surface area (Å²) in [6.45, 7) is 5.41. The number of hydrogen-bond donors (Lipinski definition) is 1. The molecule has 2 heterocycles. The lowest BCUT2D eigenvalue weighted by Gasteiger charge is -2.30. The second-order valence-electron chi connectivity index (χ2n) is 5.12. The third-order valence-corrected chi connectivity index (χ3v) is 3.64. The largest absolute Gasteiger partial charge is 0.494 e. The van der Waals surface area contributed by atoms with Gasteiger partial charge in [-0.1, -0.05) is 11.2 Å². The van der Waals surface area contributed by atoms with Gasteiger partial charge < -0.3 is 14.6 Å². The quantitative estimate of drug-likeness (QED) is 0.924. The molecule has 0 amide bonds. The fourth-order valence-electron chi connectivity index (χ4n) is 2.47. The average molecular weight is 288 g/mol. The maximum Gasteiger partial charge on any atom is 0.258 e. The van der Waals surface area contributed by atoms with Gasteiger partial charge in [0.1, 0.15) is 5.75 Å². The first-order valence-electron chi connectivity index (χ1n) is 7.25. The lowest BCUT2D eigenvalue weighted by molar-refractivity contribution is 0.190. The van der Waals surface area contributed by atoms with Crippen LogP contribution in [0.15, 0.2) is 28.8 Å². The zero-order chi connectivity index (χ0) is 14.7. The zero-order valence-electron chi connectivity index (χ0n) is 12.4. The van der Waals surface area contributed by atoms with Gasteiger partial charge in [-0.05, 0) is 32.2 Å². The summed E-state index contributed by atoms with van der Waals surface area (Å²) in [5.74, 6) is 2.07. The van der Waals surface area contributed by atoms with Crippen molar-refractivity contribution in [3.05, 3.63) is 30.1 Å². The van der Waals surface area contributed by atoms with Gasteiger partial charge >= 0.3 is 0 Å². The van der Waals surface area contributed by atoms with E-state index in [0.717, 1.165) is 36.8 Å². The van der Waals surface area contributed by atoms with Gasteiger partial charge in [0.25, 0.3) is 5.89 Å². The van der Waals surface area contributed by atoms with Crippen LogP contribution in [0.5, 0.6) is 5.75 Å². The highest BCUT2D eigenvalue weighted by Crippen LogP contribution is 2.25. The molecule has 2 aromatic rings. The summed E-state index contributed by atoms with van der Waals surface area (Å²) in [5, 5.41) is 7.49. The number of aromatic nitrogens is 2. The number of benzene rings is 1. The molecule has 1 saturated heterocycles. The van der Waals surface area contributed by atoms with Crippen molar-refractivity contribution < 1.29 is 9.26 Å². The van der Waals surface area contributed by atoms with Crippen LogP contribution in [0.2, 0.25) is 0 Å². The summed E-state index contributed by atoms with van der Waals surface area (Å²) in [6.07, 6.45) is 0. The van der Waals surface area contributed by atoms with E-state index in [4.69, 9.17) is 9.26 Å². The Kier molecular flexibility index (Phi) is 4.17. The molecule has 1 aliphatic rings. The van der Waals surface area contributed by atoms with Gasteiger partial charge in [-0.3, -0.25) is 4.90 Å². The lowest BCUT2D eigenvalue weighted by Crippen LogP contribution is -2.44. The third kappa shape index (κ3) is 3.06. The molecule has 6 nitrogen and oxygen atoms in total. The Balaban J connectivity index is 1.82. The van der Waals surface area contributed by atoms with Crippen molar-refractivity contribution >= 4 is 0 Å². The molecular formula is C15H20N4O2. The van der Waals surface area contributed by atoms with Crippen LogP contribution < -0.4 is 10.1 Å². The molecule has 0 aliphatic carbocycles. The van der Waals surface area contributed by atoms with Crippen molar-refractivity contribution in [3.8, 4) is 17.2 Å². The van der Waals surface area contributed by atoms with Gasteiger partial charge in [-0.25, -0.2) is 0 Å². The topological polar surface area (TPSA) is 63.4 Å². The van der Waals surface area contributed by atoms with Crippen LogP contribution in [-0.4, -0.2) is 48.3 Å². The molecule has 0 saturated carbocycles. The molecule has 1 aromatic carbocycles. The van der Waals surface area contributed by atoms with E-state index in [9.17, 15) is 0 Å². The predicted octanol–water partition coefficient (Wildman–Crippen LogP) is 1.71. The van der Waals surface area contributed by atoms with E-state index >= 15 is 0 Å². The molecule has 1 atom stereocenters. The molecule has 0 spiro atoms. The Hall–Kier alpha value is -1.92. The molecular weight excluding hydrogens is 268 g/mol. The van der Waals surface area contributed by atoms with Crippen LogP contribution >= 0.6 is 0 Å². The fraction of sp³-hybridized carbons (Fsp3) is 0.467. The lowest BCUT2D eigenvalue weighted by atomic mass is 10.2. The van der Waals surface area contributed by atoms with Crippen LogP contribution in [0.3, 0.4) is 0 Å². The van der Waals surface area contributed by atoms with Gasteiger partial charge in [0.2, 0.25) is 0 Å². The maximum absolute atomic E-state index is 5.50. The van der Waals surface area contributed by atoms with Gasteiger partial charge in [-0.2, -0.15) is 4.98 Å². The fourth-order valence-corrected chi connectivity index (χ4v) is 2.47. The monoisotopic (exact) mass is 288 g/mol. The number of nitrogens with one attached hydrogen (secondary N) is 1. The molecule has 21 heavy (non-hydrogen) atoms. The van der Waals surface area contributed by atoms with Crippen LogP contribution in [0.25, 0.3) is 11.5 Å². The van der Waals surface area contributed by atoms with Crippen molar-refractivity contribution in [1.82, 2.24) is 20.4 Å². The number of nitrogens with zero attached hydrogens (tertiary/aromatic N) is 3. The normalized spacial score (nSPS) is 19.6. The van der Waals surface area contributed by atoms with Crippen molar-refractivity contribution in [3.63, 3.8) is 0 Å². The summed E-state index contributed by atoms with van der Waals surface area (Å²) in [4.78, 5) is 6.78. The minimum absolute atomic E-state index is 0.159. The first-order valence-corrected chi connectivity index (χ1v) is 7.25. The van der Waals surface area contributed by atoms with E-state index in [-0.39, 0.29) is 6.04 Å². The molecule has 1 unspecified atom stereocenters. The van der Waals surface area contributed by atoms with Crippen molar-refractivity contribution in [2.75, 3.05) is 33.3 Å². The van der Waals surface area contributed by atoms with Crippen molar-refractivity contribution in [1.29, 1.82) is 0 Å². The van der Waals surface area contributed by atoms with E-state index in [0.29, 0.717) is 12.5 Å². The Labute approximate surface area is 124 Å². The minimum atomic E-state index is 0.159. The molecule has 112 valence electrons. The number of piperazine rings is 1. The first-order chi connectivity index (χ1) is 10.3. The third-order valence-electron chi connectivity index (χ3n) is 3.64. The first kappa shape index (κ1) is 14.0. The Bertz CT molecular complexity index is 599. The van der Waals surface area contributed by atoms with E-state index in [2.05, 4.69) is 27.4 Å². The van der Waals surface area contributed by atoms with Gasteiger partial charge in [0.05, 0.1) is 12.6 Å². The molecule has 3 rings (SSSR count). The molecule has 1 aliphatic heterocycles. The van der Waals surface area contributed by atoms with Crippen LogP contribution in [-0.2, 0) is 0 Å². The molecule has 1 fully saturated rings. The number of likely N-dealkylation sites (N-methyl/N-ethyl adjacent to an activating group) is 1. The number of rotatable bonds is 4.